The molecular weight excluding hydrogens is 334 g/mol. The minimum absolute atomic E-state index is 0.121. The summed E-state index contributed by atoms with van der Waals surface area (Å²) in [7, 11) is 1.48. The number of para-hydroxylation sites is 1. The molecule has 0 radical (unpaired) electrons. The Bertz CT molecular complexity index is 992. The van der Waals surface area contributed by atoms with Crippen molar-refractivity contribution in [1.29, 1.82) is 0 Å². The largest absolute Gasteiger partial charge is 0.424 e. The molecule has 0 aliphatic carbocycles. The lowest BCUT2D eigenvalue weighted by Crippen LogP contribution is -2.24. The van der Waals surface area contributed by atoms with Crippen LogP contribution in [-0.2, 0) is 7.05 Å². The summed E-state index contributed by atoms with van der Waals surface area (Å²) in [6.07, 6.45) is 0. The van der Waals surface area contributed by atoms with E-state index in [1.807, 2.05) is 18.2 Å². The molecule has 3 rings (SSSR count). The van der Waals surface area contributed by atoms with Gasteiger partial charge in [0.2, 0.25) is 0 Å². The normalized spacial score (nSPS) is 10.4. The van der Waals surface area contributed by atoms with E-state index in [-0.39, 0.29) is 17.3 Å². The highest BCUT2D eigenvalue weighted by atomic mass is 16.5. The maximum absolute atomic E-state index is 12.4. The van der Waals surface area contributed by atoms with Crippen molar-refractivity contribution in [2.75, 3.05) is 5.32 Å². The number of anilines is 1. The Morgan fingerprint density at radius 2 is 1.69 bits per heavy atom. The van der Waals surface area contributed by atoms with Crippen molar-refractivity contribution in [2.24, 2.45) is 7.05 Å². The number of aromatic nitrogens is 4. The number of nitrogens with one attached hydrogen (secondary N) is 1. The Balaban J connectivity index is 1.83. The first-order valence-corrected chi connectivity index (χ1v) is 7.88. The van der Waals surface area contributed by atoms with E-state index in [0.717, 1.165) is 4.68 Å². The number of amides is 1. The average molecular weight is 351 g/mol. The summed E-state index contributed by atoms with van der Waals surface area (Å²) in [5.74, 6) is 0.171. The molecule has 8 heteroatoms. The highest BCUT2D eigenvalue weighted by molar-refractivity contribution is 6.03. The third-order valence-electron chi connectivity index (χ3n) is 3.63. The van der Waals surface area contributed by atoms with Crippen molar-refractivity contribution < 1.29 is 9.53 Å². The molecule has 2 heterocycles. The molecule has 0 spiro atoms. The van der Waals surface area contributed by atoms with Gasteiger partial charge in [0.15, 0.2) is 0 Å². The molecular formula is C18H17N5O3. The quantitative estimate of drug-likeness (QED) is 0.774. The molecule has 1 N–H and O–H groups in total. The Morgan fingerprint density at radius 3 is 2.31 bits per heavy atom. The van der Waals surface area contributed by atoms with E-state index in [1.165, 1.54) is 19.2 Å². The monoisotopic (exact) mass is 351 g/mol. The number of nitrogens with zero attached hydrogens (tertiary/aromatic N) is 4. The van der Waals surface area contributed by atoms with Gasteiger partial charge in [0.1, 0.15) is 11.4 Å². The average Bonchev–Trinajstić information content (AvgIpc) is 2.61. The standard InChI is InChI=1S/C18H17N5O3/c1-11-16(21-17(25)14-9-10-15(24)23(3)22-14)12(2)20-18(19-11)26-13-7-5-4-6-8-13/h4-10H,1-3H3,(H,21,25). The minimum Gasteiger partial charge on any atom is -0.424 e. The van der Waals surface area contributed by atoms with Crippen molar-refractivity contribution in [3.8, 4) is 11.8 Å². The van der Waals surface area contributed by atoms with Crippen molar-refractivity contribution in [3.63, 3.8) is 0 Å². The Kier molecular flexibility index (Phi) is 4.74. The fraction of sp³-hybridized carbons (Fsp3) is 0.167. The van der Waals surface area contributed by atoms with E-state index in [9.17, 15) is 9.59 Å². The van der Waals surface area contributed by atoms with Crippen LogP contribution in [0.1, 0.15) is 21.9 Å². The third-order valence-corrected chi connectivity index (χ3v) is 3.63. The van der Waals surface area contributed by atoms with Gasteiger partial charge in [0.25, 0.3) is 11.5 Å². The van der Waals surface area contributed by atoms with E-state index in [0.29, 0.717) is 22.8 Å². The highest BCUT2D eigenvalue weighted by Gasteiger charge is 2.15. The van der Waals surface area contributed by atoms with Crippen LogP contribution < -0.4 is 15.6 Å². The summed E-state index contributed by atoms with van der Waals surface area (Å²) >= 11 is 0. The predicted molar refractivity (Wildman–Crippen MR) is 95.5 cm³/mol. The highest BCUT2D eigenvalue weighted by Crippen LogP contribution is 2.23. The molecule has 0 atom stereocenters. The van der Waals surface area contributed by atoms with Crippen LogP contribution >= 0.6 is 0 Å². The van der Waals surface area contributed by atoms with Gasteiger partial charge >= 0.3 is 6.01 Å². The van der Waals surface area contributed by atoms with Crippen molar-refractivity contribution in [3.05, 3.63) is 69.9 Å². The molecule has 1 aromatic carbocycles. The molecule has 0 aliphatic heterocycles. The van der Waals surface area contributed by atoms with E-state index >= 15 is 0 Å². The van der Waals surface area contributed by atoms with Crippen LogP contribution in [0.25, 0.3) is 0 Å². The van der Waals surface area contributed by atoms with E-state index in [2.05, 4.69) is 20.4 Å². The van der Waals surface area contributed by atoms with E-state index in [1.54, 1.807) is 26.0 Å². The van der Waals surface area contributed by atoms with Crippen molar-refractivity contribution in [1.82, 2.24) is 19.7 Å². The number of benzene rings is 1. The first kappa shape index (κ1) is 17.3. The lowest BCUT2D eigenvalue weighted by molar-refractivity contribution is 0.101. The SMILES string of the molecule is Cc1nc(Oc2ccccc2)nc(C)c1NC(=O)c1ccc(=O)n(C)n1. The number of ether oxygens (including phenoxy) is 1. The molecule has 1 amide bonds. The maximum Gasteiger partial charge on any atom is 0.322 e. The van der Waals surface area contributed by atoms with E-state index in [4.69, 9.17) is 4.74 Å². The van der Waals surface area contributed by atoms with Crippen LogP contribution in [0, 0.1) is 13.8 Å². The van der Waals surface area contributed by atoms with Crippen LogP contribution in [0.5, 0.6) is 11.8 Å². The Hall–Kier alpha value is -3.55. The molecule has 0 bridgehead atoms. The van der Waals surface area contributed by atoms with Gasteiger partial charge in [-0.25, -0.2) is 4.68 Å². The summed E-state index contributed by atoms with van der Waals surface area (Å²) in [4.78, 5) is 32.3. The van der Waals surface area contributed by atoms with Crippen molar-refractivity contribution in [2.45, 2.75) is 13.8 Å². The smallest absolute Gasteiger partial charge is 0.322 e. The van der Waals surface area contributed by atoms with Crippen molar-refractivity contribution >= 4 is 11.6 Å². The van der Waals surface area contributed by atoms with Gasteiger partial charge in [-0.2, -0.15) is 15.1 Å². The topological polar surface area (TPSA) is 99.0 Å². The molecule has 132 valence electrons. The minimum atomic E-state index is -0.452. The number of hydrogen-bond donors (Lipinski definition) is 1. The zero-order valence-corrected chi connectivity index (χ0v) is 14.6. The lowest BCUT2D eigenvalue weighted by Gasteiger charge is -2.12. The second-order valence-corrected chi connectivity index (χ2v) is 5.60. The van der Waals surface area contributed by atoms with Crippen LogP contribution in [0.3, 0.4) is 0 Å². The van der Waals surface area contributed by atoms with Gasteiger partial charge in [-0.05, 0) is 32.0 Å². The number of hydrogen-bond acceptors (Lipinski definition) is 6. The van der Waals surface area contributed by atoms with Crippen LogP contribution in [0.2, 0.25) is 0 Å². The maximum atomic E-state index is 12.4. The van der Waals surface area contributed by atoms with Gasteiger partial charge in [-0.3, -0.25) is 9.59 Å². The molecule has 8 nitrogen and oxygen atoms in total. The third kappa shape index (κ3) is 3.75. The first-order chi connectivity index (χ1) is 12.4. The van der Waals surface area contributed by atoms with Crippen LogP contribution in [0.4, 0.5) is 5.69 Å². The van der Waals surface area contributed by atoms with Gasteiger partial charge in [0.05, 0.1) is 17.1 Å². The van der Waals surface area contributed by atoms with Gasteiger partial charge < -0.3 is 10.1 Å². The Labute approximate surface area is 149 Å². The van der Waals surface area contributed by atoms with Gasteiger partial charge in [-0.15, -0.1) is 0 Å². The fourth-order valence-corrected chi connectivity index (χ4v) is 2.31. The second-order valence-electron chi connectivity index (χ2n) is 5.60. The molecule has 26 heavy (non-hydrogen) atoms. The van der Waals surface area contributed by atoms with Crippen LogP contribution in [0.15, 0.2) is 47.3 Å². The summed E-state index contributed by atoms with van der Waals surface area (Å²) < 4.78 is 6.73. The summed E-state index contributed by atoms with van der Waals surface area (Å²) in [6, 6.07) is 12.0. The number of carbonyl (C=O) groups is 1. The molecule has 0 saturated carbocycles. The summed E-state index contributed by atoms with van der Waals surface area (Å²) in [5.41, 5.74) is 1.42. The predicted octanol–water partition coefficient (Wildman–Crippen LogP) is 2.23. The summed E-state index contributed by atoms with van der Waals surface area (Å²) in [6.45, 7) is 3.49. The Morgan fingerprint density at radius 1 is 1.04 bits per heavy atom. The molecule has 2 aromatic heterocycles. The molecule has 0 fully saturated rings. The molecule has 3 aromatic rings. The lowest BCUT2D eigenvalue weighted by atomic mass is 10.2. The fourth-order valence-electron chi connectivity index (χ4n) is 2.31. The molecule has 0 saturated heterocycles. The summed E-state index contributed by atoms with van der Waals surface area (Å²) in [5, 5.41) is 6.66. The molecule has 0 aliphatic rings. The number of aryl methyl sites for hydroxylation is 3. The van der Waals surface area contributed by atoms with Gasteiger partial charge in [-0.1, -0.05) is 18.2 Å². The number of rotatable bonds is 4. The first-order valence-electron chi connectivity index (χ1n) is 7.88. The van der Waals surface area contributed by atoms with E-state index < -0.39 is 5.91 Å². The zero-order chi connectivity index (χ0) is 18.7. The molecule has 0 unspecified atom stereocenters. The second kappa shape index (κ2) is 7.14. The number of carbonyl (C=O) groups excluding carboxylic acids is 1. The van der Waals surface area contributed by atoms with Crippen LogP contribution in [-0.4, -0.2) is 25.7 Å². The zero-order valence-electron chi connectivity index (χ0n) is 14.6. The van der Waals surface area contributed by atoms with Gasteiger partial charge in [0, 0.05) is 13.1 Å².